The molecular weight excluding hydrogens is 327 g/mol. The zero-order chi connectivity index (χ0) is 17.2. The summed E-state index contributed by atoms with van der Waals surface area (Å²) in [4.78, 5) is 19.4. The van der Waals surface area contributed by atoms with Gasteiger partial charge in [-0.2, -0.15) is 13.2 Å². The van der Waals surface area contributed by atoms with Crippen LogP contribution in [0.3, 0.4) is 0 Å². The van der Waals surface area contributed by atoms with Crippen molar-refractivity contribution in [1.82, 2.24) is 9.97 Å². The predicted molar refractivity (Wildman–Crippen MR) is 82.7 cm³/mol. The van der Waals surface area contributed by atoms with E-state index in [4.69, 9.17) is 0 Å². The van der Waals surface area contributed by atoms with Crippen LogP contribution in [-0.2, 0) is 6.18 Å². The molecule has 1 aromatic carbocycles. The number of anilines is 1. The van der Waals surface area contributed by atoms with Crippen LogP contribution < -0.4 is 5.32 Å². The summed E-state index contributed by atoms with van der Waals surface area (Å²) >= 11 is 0.973. The highest BCUT2D eigenvalue weighted by atomic mass is 32.2. The van der Waals surface area contributed by atoms with Crippen molar-refractivity contribution in [1.29, 1.82) is 0 Å². The van der Waals surface area contributed by atoms with Crippen LogP contribution in [0.25, 0.3) is 0 Å². The van der Waals surface area contributed by atoms with Gasteiger partial charge in [0, 0.05) is 11.9 Å². The Bertz CT molecular complexity index is 747. The molecule has 2 aromatic rings. The quantitative estimate of drug-likeness (QED) is 0.675. The highest BCUT2D eigenvalue weighted by Crippen LogP contribution is 2.31. The highest BCUT2D eigenvalue weighted by Gasteiger charge is 2.38. The lowest BCUT2D eigenvalue weighted by Crippen LogP contribution is -2.21. The number of rotatable bonds is 3. The van der Waals surface area contributed by atoms with E-state index in [1.54, 1.807) is 24.5 Å². The van der Waals surface area contributed by atoms with Gasteiger partial charge in [-0.1, -0.05) is 17.8 Å². The van der Waals surface area contributed by atoms with E-state index in [-0.39, 0.29) is 5.16 Å². The average molecular weight is 341 g/mol. The minimum absolute atomic E-state index is 0.0416. The maximum absolute atomic E-state index is 13.1. The van der Waals surface area contributed by atoms with Crippen LogP contribution in [0.1, 0.15) is 27.2 Å². The third-order valence-corrected chi connectivity index (χ3v) is 3.79. The summed E-state index contributed by atoms with van der Waals surface area (Å²) in [6, 6.07) is 5.10. The molecule has 122 valence electrons. The summed E-state index contributed by atoms with van der Waals surface area (Å²) < 4.78 is 39.3. The molecule has 1 heterocycles. The van der Waals surface area contributed by atoms with E-state index >= 15 is 0 Å². The van der Waals surface area contributed by atoms with E-state index in [0.717, 1.165) is 29.1 Å². The molecule has 8 heteroatoms. The van der Waals surface area contributed by atoms with Gasteiger partial charge in [0.1, 0.15) is 0 Å². The van der Waals surface area contributed by atoms with Gasteiger partial charge in [0.05, 0.1) is 5.56 Å². The minimum Gasteiger partial charge on any atom is -0.322 e. The van der Waals surface area contributed by atoms with Gasteiger partial charge in [-0.15, -0.1) is 0 Å². The van der Waals surface area contributed by atoms with Crippen molar-refractivity contribution in [2.24, 2.45) is 0 Å². The van der Waals surface area contributed by atoms with Crippen molar-refractivity contribution in [2.75, 3.05) is 11.6 Å². The maximum atomic E-state index is 13.1. The molecule has 4 nitrogen and oxygen atoms in total. The largest absolute Gasteiger partial charge is 0.434 e. The van der Waals surface area contributed by atoms with Crippen molar-refractivity contribution >= 4 is 23.4 Å². The van der Waals surface area contributed by atoms with Crippen molar-refractivity contribution in [3.05, 3.63) is 46.8 Å². The van der Waals surface area contributed by atoms with Gasteiger partial charge in [-0.05, 0) is 43.4 Å². The average Bonchev–Trinajstić information content (AvgIpc) is 2.49. The van der Waals surface area contributed by atoms with Crippen LogP contribution in [0.5, 0.6) is 0 Å². The van der Waals surface area contributed by atoms with Gasteiger partial charge >= 0.3 is 6.18 Å². The van der Waals surface area contributed by atoms with Gasteiger partial charge in [0.25, 0.3) is 5.91 Å². The van der Waals surface area contributed by atoms with Crippen LogP contribution in [0.15, 0.2) is 29.6 Å². The number of nitrogens with zero attached hydrogens (tertiary/aromatic N) is 2. The molecule has 0 fully saturated rings. The molecule has 23 heavy (non-hydrogen) atoms. The lowest BCUT2D eigenvalue weighted by molar-refractivity contribution is -0.142. The van der Waals surface area contributed by atoms with Crippen molar-refractivity contribution < 1.29 is 18.0 Å². The molecule has 0 bridgehead atoms. The number of thioether (sulfide) groups is 1. The Balaban J connectivity index is 2.36. The van der Waals surface area contributed by atoms with Gasteiger partial charge in [0.2, 0.25) is 0 Å². The molecule has 0 saturated carbocycles. The molecule has 0 saturated heterocycles. The Hall–Kier alpha value is -2.09. The molecule has 0 spiro atoms. The fourth-order valence-corrected chi connectivity index (χ4v) is 2.20. The van der Waals surface area contributed by atoms with E-state index in [1.807, 2.05) is 13.8 Å². The van der Waals surface area contributed by atoms with Gasteiger partial charge in [-0.3, -0.25) is 4.79 Å². The number of carbonyl (C=O) groups is 1. The second kappa shape index (κ2) is 6.57. The SMILES string of the molecule is CSc1ncc(C(=O)Nc2ccc(C)c(C)c2)c(C(F)(F)F)n1. The molecule has 0 unspecified atom stereocenters. The number of hydrogen-bond acceptors (Lipinski definition) is 4. The summed E-state index contributed by atoms with van der Waals surface area (Å²) in [6.45, 7) is 3.75. The molecule has 1 amide bonds. The van der Waals surface area contributed by atoms with E-state index in [0.29, 0.717) is 5.69 Å². The number of carbonyl (C=O) groups excluding carboxylic acids is 1. The van der Waals surface area contributed by atoms with Crippen LogP contribution in [0.4, 0.5) is 18.9 Å². The minimum atomic E-state index is -4.73. The fraction of sp³-hybridized carbons (Fsp3) is 0.267. The number of hydrogen-bond donors (Lipinski definition) is 1. The summed E-state index contributed by atoms with van der Waals surface area (Å²) in [7, 11) is 0. The van der Waals surface area contributed by atoms with Crippen LogP contribution in [0.2, 0.25) is 0 Å². The van der Waals surface area contributed by atoms with Crippen LogP contribution in [0, 0.1) is 13.8 Å². The maximum Gasteiger partial charge on any atom is 0.434 e. The zero-order valence-corrected chi connectivity index (χ0v) is 13.5. The summed E-state index contributed by atoms with van der Waals surface area (Å²) in [5, 5.41) is 2.41. The molecule has 1 N–H and O–H groups in total. The third kappa shape index (κ3) is 4.01. The summed E-state index contributed by atoms with van der Waals surface area (Å²) in [6.07, 6.45) is -2.27. The topological polar surface area (TPSA) is 54.9 Å². The van der Waals surface area contributed by atoms with Gasteiger partial charge in [-0.25, -0.2) is 9.97 Å². The number of halogens is 3. The molecule has 0 atom stereocenters. The number of aromatic nitrogens is 2. The Labute approximate surface area is 135 Å². The molecule has 2 rings (SSSR count). The number of benzene rings is 1. The second-order valence-electron chi connectivity index (χ2n) is 4.87. The Morgan fingerprint density at radius 1 is 1.22 bits per heavy atom. The lowest BCUT2D eigenvalue weighted by atomic mass is 10.1. The van der Waals surface area contributed by atoms with Crippen molar-refractivity contribution in [2.45, 2.75) is 25.2 Å². The van der Waals surface area contributed by atoms with E-state index in [9.17, 15) is 18.0 Å². The molecule has 0 aliphatic heterocycles. The first-order valence-electron chi connectivity index (χ1n) is 6.59. The zero-order valence-electron chi connectivity index (χ0n) is 12.7. The molecular formula is C15H14F3N3OS. The Morgan fingerprint density at radius 3 is 2.48 bits per heavy atom. The number of alkyl halides is 3. The fourth-order valence-electron chi connectivity index (χ4n) is 1.86. The standard InChI is InChI=1S/C15H14F3N3OS/c1-8-4-5-10(6-9(8)2)20-13(22)11-7-19-14(23-3)21-12(11)15(16,17)18/h4-7H,1-3H3,(H,20,22). The number of aryl methyl sites for hydroxylation is 2. The predicted octanol–water partition coefficient (Wildman–Crippen LogP) is 4.09. The Kier molecular flexibility index (Phi) is 4.93. The van der Waals surface area contributed by atoms with E-state index < -0.39 is 23.3 Å². The number of nitrogens with one attached hydrogen (secondary N) is 1. The van der Waals surface area contributed by atoms with Gasteiger partial charge < -0.3 is 5.32 Å². The lowest BCUT2D eigenvalue weighted by Gasteiger charge is -2.13. The molecule has 0 aliphatic rings. The first kappa shape index (κ1) is 17.3. The second-order valence-corrected chi connectivity index (χ2v) is 5.64. The smallest absolute Gasteiger partial charge is 0.322 e. The van der Waals surface area contributed by atoms with E-state index in [2.05, 4.69) is 15.3 Å². The first-order chi connectivity index (χ1) is 10.7. The first-order valence-corrected chi connectivity index (χ1v) is 7.81. The molecule has 0 aliphatic carbocycles. The Morgan fingerprint density at radius 2 is 1.91 bits per heavy atom. The summed E-state index contributed by atoms with van der Waals surface area (Å²) in [5.41, 5.74) is 0.520. The van der Waals surface area contributed by atoms with Crippen molar-refractivity contribution in [3.8, 4) is 0 Å². The van der Waals surface area contributed by atoms with Crippen LogP contribution >= 0.6 is 11.8 Å². The van der Waals surface area contributed by atoms with Crippen LogP contribution in [-0.4, -0.2) is 22.1 Å². The van der Waals surface area contributed by atoms with Gasteiger partial charge in [0.15, 0.2) is 10.9 Å². The summed E-state index contributed by atoms with van der Waals surface area (Å²) in [5.74, 6) is -0.895. The van der Waals surface area contributed by atoms with Crippen molar-refractivity contribution in [3.63, 3.8) is 0 Å². The van der Waals surface area contributed by atoms with E-state index in [1.165, 1.54) is 0 Å². The third-order valence-electron chi connectivity index (χ3n) is 3.23. The molecule has 1 aromatic heterocycles. The highest BCUT2D eigenvalue weighted by molar-refractivity contribution is 7.98. The number of amides is 1. The molecule has 0 radical (unpaired) electrons. The monoisotopic (exact) mass is 341 g/mol. The normalized spacial score (nSPS) is 11.4.